The quantitative estimate of drug-likeness (QED) is 0.368. The van der Waals surface area contributed by atoms with Crippen molar-refractivity contribution in [2.75, 3.05) is 0 Å². The number of nitrogens with zero attached hydrogens (tertiary/aromatic N) is 1. The average Bonchev–Trinajstić information content (AvgIpc) is 2.83. The molecular weight excluding hydrogens is 354 g/mol. The fourth-order valence-electron chi connectivity index (χ4n) is 2.87. The van der Waals surface area contributed by atoms with Crippen molar-refractivity contribution < 1.29 is 4.79 Å². The highest BCUT2D eigenvalue weighted by molar-refractivity contribution is 6.02. The zero-order valence-corrected chi connectivity index (χ0v) is 16.2. The van der Waals surface area contributed by atoms with Crippen LogP contribution in [-0.2, 0) is 0 Å². The molecule has 0 fully saturated rings. The van der Waals surface area contributed by atoms with Gasteiger partial charge in [-0.2, -0.15) is 0 Å². The molecule has 0 unspecified atom stereocenters. The molecule has 1 heterocycles. The number of ketones is 1. The van der Waals surface area contributed by atoms with Crippen LogP contribution in [0.15, 0.2) is 122 Å². The number of carbonyl (C=O) groups excluding carboxylic acids is 1. The third kappa shape index (κ3) is 6.40. The minimum Gasteiger partial charge on any atom is -0.294 e. The van der Waals surface area contributed by atoms with Gasteiger partial charge in [0.2, 0.25) is 0 Å². The smallest absolute Gasteiger partial charge is 0.167 e. The van der Waals surface area contributed by atoms with Gasteiger partial charge in [0.25, 0.3) is 0 Å². The second kappa shape index (κ2) is 11.2. The summed E-state index contributed by atoms with van der Waals surface area (Å²) in [4.78, 5) is 15.0. The number of rotatable bonds is 1. The van der Waals surface area contributed by atoms with Gasteiger partial charge in [0, 0.05) is 24.4 Å². The number of Topliss-reactive ketones (excluding diaryl/α,β-unsaturated/α-hetero) is 1. The Kier molecular flexibility index (Phi) is 7.68. The molecule has 0 bridgehead atoms. The first-order valence-electron chi connectivity index (χ1n) is 9.59. The van der Waals surface area contributed by atoms with Crippen LogP contribution < -0.4 is 0 Å². The molecule has 4 aromatic rings. The molecule has 1 aliphatic rings. The summed E-state index contributed by atoms with van der Waals surface area (Å²) in [6.45, 7) is 0. The summed E-state index contributed by atoms with van der Waals surface area (Å²) in [7, 11) is 0. The fraction of sp³-hybridized carbons (Fsp3) is 0.0370. The van der Waals surface area contributed by atoms with Crippen molar-refractivity contribution in [3.8, 4) is 11.1 Å². The van der Waals surface area contributed by atoms with Crippen molar-refractivity contribution in [2.45, 2.75) is 6.42 Å². The van der Waals surface area contributed by atoms with Crippen LogP contribution in [0.4, 0.5) is 0 Å². The van der Waals surface area contributed by atoms with Crippen LogP contribution in [0.3, 0.4) is 0 Å². The van der Waals surface area contributed by atoms with Crippen LogP contribution in [0, 0.1) is 0 Å². The van der Waals surface area contributed by atoms with Gasteiger partial charge in [-0.3, -0.25) is 9.78 Å². The van der Waals surface area contributed by atoms with Crippen LogP contribution >= 0.6 is 0 Å². The van der Waals surface area contributed by atoms with E-state index in [9.17, 15) is 4.79 Å². The first kappa shape index (κ1) is 20.0. The average molecular weight is 377 g/mol. The van der Waals surface area contributed by atoms with Crippen LogP contribution in [0.25, 0.3) is 17.2 Å². The molecule has 0 atom stereocenters. The van der Waals surface area contributed by atoms with Gasteiger partial charge in [0.15, 0.2) is 5.78 Å². The molecule has 29 heavy (non-hydrogen) atoms. The molecule has 0 amide bonds. The minimum atomic E-state index is 0.225. The monoisotopic (exact) mass is 377 g/mol. The van der Waals surface area contributed by atoms with Crippen molar-refractivity contribution in [1.29, 1.82) is 0 Å². The van der Waals surface area contributed by atoms with E-state index in [4.69, 9.17) is 0 Å². The molecule has 0 radical (unpaired) electrons. The van der Waals surface area contributed by atoms with Crippen molar-refractivity contribution in [3.63, 3.8) is 0 Å². The first-order valence-corrected chi connectivity index (χ1v) is 9.59. The van der Waals surface area contributed by atoms with Crippen molar-refractivity contribution in [2.24, 2.45) is 0 Å². The van der Waals surface area contributed by atoms with E-state index in [0.717, 1.165) is 11.1 Å². The Balaban J connectivity index is 0.000000131. The van der Waals surface area contributed by atoms with Gasteiger partial charge in [-0.1, -0.05) is 103 Å². The van der Waals surface area contributed by atoms with Crippen LogP contribution in [-0.4, -0.2) is 10.8 Å². The third-order valence-electron chi connectivity index (χ3n) is 4.31. The largest absolute Gasteiger partial charge is 0.294 e. The number of carbonyl (C=O) groups is 1. The standard InChI is InChI=1S/C12H10.C10H8O.C5H5N/c1-3-7-11(8-4-1)12-9-5-2-6-10-12;11-10-7-3-5-8-4-1-2-6-9(8)10;1-2-4-6-5-3-1/h1-10H;1-6H,7H2;1-5H. The number of fused-ring (bicyclic) bond motifs is 1. The van der Waals surface area contributed by atoms with Gasteiger partial charge in [-0.05, 0) is 28.8 Å². The van der Waals surface area contributed by atoms with E-state index in [0.29, 0.717) is 6.42 Å². The third-order valence-corrected chi connectivity index (χ3v) is 4.31. The summed E-state index contributed by atoms with van der Waals surface area (Å²) in [5, 5.41) is 0. The zero-order valence-electron chi connectivity index (χ0n) is 16.2. The van der Waals surface area contributed by atoms with Crippen LogP contribution in [0.1, 0.15) is 22.3 Å². The van der Waals surface area contributed by atoms with Crippen molar-refractivity contribution in [1.82, 2.24) is 4.98 Å². The Bertz CT molecular complexity index is 961. The lowest BCUT2D eigenvalue weighted by atomic mass is 9.97. The molecule has 1 aliphatic carbocycles. The van der Waals surface area contributed by atoms with Crippen LogP contribution in [0.5, 0.6) is 0 Å². The maximum absolute atomic E-state index is 11.2. The maximum Gasteiger partial charge on any atom is 0.167 e. The van der Waals surface area contributed by atoms with Crippen LogP contribution in [0.2, 0.25) is 0 Å². The van der Waals surface area contributed by atoms with Gasteiger partial charge in [0.05, 0.1) is 0 Å². The molecule has 0 spiro atoms. The number of hydrogen-bond acceptors (Lipinski definition) is 2. The Hall–Kier alpha value is -3.78. The second-order valence-corrected chi connectivity index (χ2v) is 6.37. The predicted molar refractivity (Wildman–Crippen MR) is 121 cm³/mol. The van der Waals surface area contributed by atoms with Crippen molar-refractivity contribution >= 4 is 11.9 Å². The molecule has 2 nitrogen and oxygen atoms in total. The molecule has 0 saturated carbocycles. The van der Waals surface area contributed by atoms with Gasteiger partial charge >= 0.3 is 0 Å². The summed E-state index contributed by atoms with van der Waals surface area (Å²) in [5.74, 6) is 0.225. The second-order valence-electron chi connectivity index (χ2n) is 6.37. The van der Waals surface area contributed by atoms with Gasteiger partial charge < -0.3 is 0 Å². The number of hydrogen-bond donors (Lipinski definition) is 0. The topological polar surface area (TPSA) is 30.0 Å². The van der Waals surface area contributed by atoms with E-state index in [1.807, 2.05) is 66.7 Å². The predicted octanol–water partition coefficient (Wildman–Crippen LogP) is 6.72. The lowest BCUT2D eigenvalue weighted by Gasteiger charge is -2.07. The number of benzene rings is 3. The molecule has 2 heteroatoms. The molecule has 0 aliphatic heterocycles. The lowest BCUT2D eigenvalue weighted by Crippen LogP contribution is -2.02. The molecule has 5 rings (SSSR count). The summed E-state index contributed by atoms with van der Waals surface area (Å²) in [5.41, 5.74) is 4.45. The Morgan fingerprint density at radius 3 is 1.59 bits per heavy atom. The number of allylic oxidation sites excluding steroid dienone is 1. The Labute approximate surface area is 172 Å². The van der Waals surface area contributed by atoms with Gasteiger partial charge in [0.1, 0.15) is 0 Å². The molecule has 1 aromatic heterocycles. The Morgan fingerprint density at radius 2 is 1.10 bits per heavy atom. The first-order chi connectivity index (χ1) is 14.3. The van der Waals surface area contributed by atoms with Gasteiger partial charge in [-0.25, -0.2) is 0 Å². The minimum absolute atomic E-state index is 0.225. The molecule has 142 valence electrons. The molecule has 0 N–H and O–H groups in total. The summed E-state index contributed by atoms with van der Waals surface area (Å²) < 4.78 is 0. The highest BCUT2D eigenvalue weighted by Gasteiger charge is 2.10. The summed E-state index contributed by atoms with van der Waals surface area (Å²) in [6, 6.07) is 34.2. The Morgan fingerprint density at radius 1 is 0.586 bits per heavy atom. The highest BCUT2D eigenvalue weighted by atomic mass is 16.1. The number of pyridine rings is 1. The lowest BCUT2D eigenvalue weighted by molar-refractivity contribution is 0.0994. The SMILES string of the molecule is O=C1CC=Cc2ccccc21.c1ccc(-c2ccccc2)cc1.c1ccncc1. The maximum atomic E-state index is 11.2. The van der Waals surface area contributed by atoms with E-state index >= 15 is 0 Å². The fourth-order valence-corrected chi connectivity index (χ4v) is 2.87. The van der Waals surface area contributed by atoms with E-state index < -0.39 is 0 Å². The van der Waals surface area contributed by atoms with E-state index in [-0.39, 0.29) is 5.78 Å². The summed E-state index contributed by atoms with van der Waals surface area (Å²) in [6.07, 6.45) is 7.96. The van der Waals surface area contributed by atoms with Gasteiger partial charge in [-0.15, -0.1) is 0 Å². The molecular formula is C27H23NO. The normalized spacial score (nSPS) is 11.2. The zero-order chi connectivity index (χ0) is 20.2. The van der Waals surface area contributed by atoms with E-state index in [1.54, 1.807) is 12.4 Å². The van der Waals surface area contributed by atoms with Crippen molar-refractivity contribution in [3.05, 3.63) is 133 Å². The highest BCUT2D eigenvalue weighted by Crippen LogP contribution is 2.18. The number of aromatic nitrogens is 1. The summed E-state index contributed by atoms with van der Waals surface area (Å²) >= 11 is 0. The van der Waals surface area contributed by atoms with E-state index in [1.165, 1.54) is 11.1 Å². The molecule has 0 saturated heterocycles. The molecule has 3 aromatic carbocycles. The van der Waals surface area contributed by atoms with E-state index in [2.05, 4.69) is 53.5 Å².